The molecule has 2 fully saturated rings. The molecular weight excluding hydrogens is 484 g/mol. The molecule has 2 saturated heterocycles. The summed E-state index contributed by atoms with van der Waals surface area (Å²) in [6, 6.07) is 5.25. The molecule has 1 aromatic rings. The third-order valence-corrected chi connectivity index (χ3v) is 8.15. The molecule has 1 spiro atoms. The summed E-state index contributed by atoms with van der Waals surface area (Å²) in [6.45, 7) is 3.83. The number of fused-ring (bicyclic) bond motifs is 2. The number of hydrogen-bond acceptors (Lipinski definition) is 6. The number of carbonyl (C=O) groups excluding carboxylic acids is 3. The van der Waals surface area contributed by atoms with Crippen molar-refractivity contribution in [3.63, 3.8) is 0 Å². The Morgan fingerprint density at radius 3 is 2.56 bits per heavy atom. The summed E-state index contributed by atoms with van der Waals surface area (Å²) in [4.78, 5) is 44.9. The monoisotopic (exact) mass is 514 g/mol. The van der Waals surface area contributed by atoms with Crippen molar-refractivity contribution in [3.8, 4) is 0 Å². The third kappa shape index (κ3) is 3.69. The molecule has 1 N–H and O–H groups in total. The molecule has 9 heteroatoms. The van der Waals surface area contributed by atoms with Crippen molar-refractivity contribution in [2.24, 2.45) is 11.8 Å². The lowest BCUT2D eigenvalue weighted by Crippen LogP contribution is -2.58. The fourth-order valence-corrected chi connectivity index (χ4v) is 6.36. The number of aliphatic hydroxyl groups is 1. The second-order valence-corrected chi connectivity index (χ2v) is 10.5. The van der Waals surface area contributed by atoms with Crippen LogP contribution in [0.2, 0.25) is 5.02 Å². The molecule has 36 heavy (non-hydrogen) atoms. The molecule has 0 radical (unpaired) electrons. The number of amides is 2. The van der Waals surface area contributed by atoms with E-state index in [-0.39, 0.29) is 31.6 Å². The lowest BCUT2D eigenvalue weighted by Gasteiger charge is -2.40. The Hall–Kier alpha value is -2.68. The van der Waals surface area contributed by atoms with Crippen LogP contribution in [0.1, 0.15) is 33.1 Å². The van der Waals surface area contributed by atoms with E-state index in [0.29, 0.717) is 30.0 Å². The van der Waals surface area contributed by atoms with Crippen molar-refractivity contribution >= 4 is 35.1 Å². The van der Waals surface area contributed by atoms with Gasteiger partial charge in [-0.1, -0.05) is 42.8 Å². The number of nitrogens with zero attached hydrogens (tertiary/aromatic N) is 2. The van der Waals surface area contributed by atoms with Gasteiger partial charge in [0.15, 0.2) is 0 Å². The lowest BCUT2D eigenvalue weighted by molar-refractivity contribution is -0.159. The number of benzene rings is 1. The molecule has 4 aliphatic heterocycles. The molecule has 0 aromatic heterocycles. The quantitative estimate of drug-likeness (QED) is 0.490. The van der Waals surface area contributed by atoms with Crippen molar-refractivity contribution in [3.05, 3.63) is 53.6 Å². The van der Waals surface area contributed by atoms with E-state index in [2.05, 4.69) is 0 Å². The molecule has 8 nitrogen and oxygen atoms in total. The predicted molar refractivity (Wildman–Crippen MR) is 133 cm³/mol. The highest BCUT2D eigenvalue weighted by molar-refractivity contribution is 6.30. The van der Waals surface area contributed by atoms with Gasteiger partial charge in [-0.2, -0.15) is 0 Å². The number of esters is 1. The first-order chi connectivity index (χ1) is 17.3. The fraction of sp³-hybridized carbons (Fsp3) is 0.519. The third-order valence-electron chi connectivity index (χ3n) is 7.90. The molecular formula is C27H31ClN2O6. The summed E-state index contributed by atoms with van der Waals surface area (Å²) in [5, 5.41) is 10.7. The van der Waals surface area contributed by atoms with Crippen LogP contribution in [0.15, 0.2) is 48.6 Å². The molecule has 1 aromatic carbocycles. The van der Waals surface area contributed by atoms with Crippen molar-refractivity contribution in [1.82, 2.24) is 4.90 Å². The Balaban J connectivity index is 1.67. The molecule has 192 valence electrons. The first kappa shape index (κ1) is 25.0. The number of allylic oxidation sites excluding steroid dienone is 1. The zero-order chi connectivity index (χ0) is 25.7. The van der Waals surface area contributed by atoms with E-state index in [1.807, 2.05) is 25.2 Å². The Morgan fingerprint density at radius 1 is 1.11 bits per heavy atom. The summed E-state index contributed by atoms with van der Waals surface area (Å²) in [7, 11) is 0. The largest absolute Gasteiger partial charge is 0.465 e. The SMILES string of the molecule is CC[C@@H](CO)N1C(=O)[C@@H]2[C@H]3C(=O)OCCC/C=C\[C@@]3(C)O[C@@]23C=CCN(c2ccc(Cl)cc2)C(=O)C13. The average Bonchev–Trinajstić information content (AvgIpc) is 3.21. The number of likely N-dealkylation sites (tertiary alicyclic amines) is 1. The Labute approximate surface area is 215 Å². The van der Waals surface area contributed by atoms with E-state index in [1.54, 1.807) is 42.2 Å². The van der Waals surface area contributed by atoms with Crippen LogP contribution in [0, 0.1) is 11.8 Å². The maximum absolute atomic E-state index is 14.3. The van der Waals surface area contributed by atoms with Crippen molar-refractivity contribution in [1.29, 1.82) is 0 Å². The molecule has 0 aliphatic carbocycles. The van der Waals surface area contributed by atoms with Gasteiger partial charge in [-0.15, -0.1) is 0 Å². The first-order valence-electron chi connectivity index (χ1n) is 12.5. The van der Waals surface area contributed by atoms with Gasteiger partial charge in [0, 0.05) is 17.3 Å². The fourth-order valence-electron chi connectivity index (χ4n) is 6.23. The molecule has 4 aliphatic rings. The van der Waals surface area contributed by atoms with Crippen LogP contribution in [0.3, 0.4) is 0 Å². The molecule has 5 rings (SSSR count). The van der Waals surface area contributed by atoms with Gasteiger partial charge < -0.3 is 24.4 Å². The standard InChI is InChI=1S/C27H31ClN2O6/c1-3-18(16-31)30-22-24(33)29(19-10-8-17(28)9-11-19)14-7-13-27(22)20(23(30)32)21-25(34)35-15-6-4-5-12-26(21,2)36-27/h5,7-13,18,20-22,31H,3-4,6,14-16H2,1-2H3/b12-5-/t18-,20-,21-,22?,26+,27-/m0/s1. The minimum Gasteiger partial charge on any atom is -0.465 e. The van der Waals surface area contributed by atoms with Crippen molar-refractivity contribution in [2.75, 3.05) is 24.7 Å². The van der Waals surface area contributed by atoms with Gasteiger partial charge in [-0.05, 0) is 50.5 Å². The Bertz CT molecular complexity index is 1120. The number of halogens is 1. The number of cyclic esters (lactones) is 1. The summed E-state index contributed by atoms with van der Waals surface area (Å²) >= 11 is 6.07. The summed E-state index contributed by atoms with van der Waals surface area (Å²) < 4.78 is 12.3. The minimum absolute atomic E-state index is 0.254. The van der Waals surface area contributed by atoms with Crippen molar-refractivity contribution in [2.45, 2.75) is 56.4 Å². The van der Waals surface area contributed by atoms with Gasteiger partial charge >= 0.3 is 5.97 Å². The van der Waals surface area contributed by atoms with Crippen LogP contribution in [0.4, 0.5) is 5.69 Å². The number of anilines is 1. The van der Waals surface area contributed by atoms with Gasteiger partial charge in [-0.3, -0.25) is 14.4 Å². The molecule has 0 saturated carbocycles. The number of hydrogen-bond donors (Lipinski definition) is 1. The molecule has 1 unspecified atom stereocenters. The van der Waals surface area contributed by atoms with Crippen LogP contribution >= 0.6 is 11.6 Å². The highest BCUT2D eigenvalue weighted by Gasteiger charge is 2.75. The Kier molecular flexibility index (Phi) is 6.47. The van der Waals surface area contributed by atoms with Gasteiger partial charge in [0.2, 0.25) is 5.91 Å². The minimum atomic E-state index is -1.39. The van der Waals surface area contributed by atoms with Crippen molar-refractivity contribution < 1.29 is 29.0 Å². The van der Waals surface area contributed by atoms with Gasteiger partial charge in [-0.25, -0.2) is 0 Å². The van der Waals surface area contributed by atoms with E-state index in [9.17, 15) is 19.5 Å². The van der Waals surface area contributed by atoms with Crippen LogP contribution in [0.5, 0.6) is 0 Å². The molecule has 4 heterocycles. The zero-order valence-corrected chi connectivity index (χ0v) is 21.2. The van der Waals surface area contributed by atoms with Crippen LogP contribution in [-0.4, -0.2) is 70.8 Å². The first-order valence-corrected chi connectivity index (χ1v) is 12.9. The van der Waals surface area contributed by atoms with E-state index in [0.717, 1.165) is 0 Å². The summed E-state index contributed by atoms with van der Waals surface area (Å²) in [5.41, 5.74) is -1.89. The highest BCUT2D eigenvalue weighted by Crippen LogP contribution is 2.57. The maximum atomic E-state index is 14.3. The van der Waals surface area contributed by atoms with Crippen LogP contribution < -0.4 is 4.90 Å². The van der Waals surface area contributed by atoms with Gasteiger partial charge in [0.25, 0.3) is 5.91 Å². The van der Waals surface area contributed by atoms with E-state index >= 15 is 0 Å². The molecule has 2 amide bonds. The normalized spacial score (nSPS) is 35.7. The van der Waals surface area contributed by atoms with Gasteiger partial charge in [0.1, 0.15) is 17.6 Å². The second kappa shape index (κ2) is 9.32. The second-order valence-electron chi connectivity index (χ2n) is 10.0. The summed E-state index contributed by atoms with van der Waals surface area (Å²) in [6.07, 6.45) is 9.22. The topological polar surface area (TPSA) is 96.4 Å². The molecule has 6 atom stereocenters. The zero-order valence-electron chi connectivity index (χ0n) is 20.4. The number of ether oxygens (including phenoxy) is 2. The highest BCUT2D eigenvalue weighted by atomic mass is 35.5. The smallest absolute Gasteiger partial charge is 0.313 e. The number of aliphatic hydroxyl groups excluding tert-OH is 1. The van der Waals surface area contributed by atoms with E-state index < -0.39 is 41.1 Å². The average molecular weight is 515 g/mol. The number of carbonyl (C=O) groups is 3. The van der Waals surface area contributed by atoms with Gasteiger partial charge in [0.05, 0.1) is 30.8 Å². The van der Waals surface area contributed by atoms with E-state index in [4.69, 9.17) is 21.1 Å². The van der Waals surface area contributed by atoms with Crippen LogP contribution in [-0.2, 0) is 23.9 Å². The van der Waals surface area contributed by atoms with Crippen LogP contribution in [0.25, 0.3) is 0 Å². The summed E-state index contributed by atoms with van der Waals surface area (Å²) in [5.74, 6) is -3.11. The Morgan fingerprint density at radius 2 is 1.86 bits per heavy atom. The number of rotatable bonds is 4. The molecule has 0 bridgehead atoms. The van der Waals surface area contributed by atoms with E-state index in [1.165, 1.54) is 4.90 Å². The predicted octanol–water partition coefficient (Wildman–Crippen LogP) is 2.88. The maximum Gasteiger partial charge on any atom is 0.313 e. The lowest BCUT2D eigenvalue weighted by atomic mass is 9.74.